The molecule has 4 nitrogen and oxygen atoms in total. The molecule has 0 atom stereocenters. The van der Waals surface area contributed by atoms with Crippen LogP contribution < -0.4 is 0 Å². The van der Waals surface area contributed by atoms with Crippen molar-refractivity contribution in [2.24, 2.45) is 0 Å². The fourth-order valence-electron chi connectivity index (χ4n) is 1.88. The first-order chi connectivity index (χ1) is 9.63. The van der Waals surface area contributed by atoms with Gasteiger partial charge in [-0.1, -0.05) is 6.07 Å². The number of hydrogen-bond donors (Lipinski definition) is 0. The molecule has 0 bridgehead atoms. The Kier molecular flexibility index (Phi) is 7.15. The number of thioether (sulfide) groups is 1. The van der Waals surface area contributed by atoms with Gasteiger partial charge in [0.05, 0.1) is 18.8 Å². The molecule has 0 aliphatic heterocycles. The van der Waals surface area contributed by atoms with Gasteiger partial charge in [-0.05, 0) is 44.2 Å². The van der Waals surface area contributed by atoms with Crippen molar-refractivity contribution >= 4 is 23.7 Å². The van der Waals surface area contributed by atoms with Crippen molar-refractivity contribution in [3.63, 3.8) is 0 Å². The Hall–Kier alpha value is -1.49. The van der Waals surface area contributed by atoms with Crippen molar-refractivity contribution in [1.29, 1.82) is 0 Å². The molecular weight excluding hydrogens is 276 g/mol. The van der Waals surface area contributed by atoms with Crippen LogP contribution in [0.1, 0.15) is 36.2 Å². The molecule has 0 spiro atoms. The lowest BCUT2D eigenvalue weighted by Gasteiger charge is -2.12. The van der Waals surface area contributed by atoms with E-state index >= 15 is 0 Å². The first kappa shape index (κ1) is 16.6. The average Bonchev–Trinajstić information content (AvgIpc) is 2.45. The molecule has 0 amide bonds. The smallest absolute Gasteiger partial charge is 0.338 e. The fraction of sp³-hybridized carbons (Fsp3) is 0.467. The van der Waals surface area contributed by atoms with Crippen LogP contribution in [0, 0.1) is 0 Å². The molecule has 0 unspecified atom stereocenters. The lowest BCUT2D eigenvalue weighted by atomic mass is 10.0. The van der Waals surface area contributed by atoms with E-state index < -0.39 is 0 Å². The molecule has 0 fully saturated rings. The standard InChI is InChI=1S/C15H20O4S/c1-4-18-14(16)10-9-11-12(15(17)19-5-2)7-6-8-13(11)20-3/h6-8H,4-5,9-10H2,1-3H3. The van der Waals surface area contributed by atoms with Gasteiger partial charge >= 0.3 is 11.9 Å². The zero-order valence-corrected chi connectivity index (χ0v) is 12.9. The second-order valence-electron chi connectivity index (χ2n) is 4.01. The maximum atomic E-state index is 12.0. The Bertz CT molecular complexity index is 471. The molecule has 0 saturated carbocycles. The molecule has 0 radical (unpaired) electrons. The predicted molar refractivity (Wildman–Crippen MR) is 79.1 cm³/mol. The average molecular weight is 296 g/mol. The third kappa shape index (κ3) is 4.56. The van der Waals surface area contributed by atoms with Gasteiger partial charge in [-0.25, -0.2) is 4.79 Å². The first-order valence-electron chi connectivity index (χ1n) is 6.62. The second-order valence-corrected chi connectivity index (χ2v) is 4.86. The number of carbonyl (C=O) groups is 2. The summed E-state index contributed by atoms with van der Waals surface area (Å²) in [7, 11) is 0. The fourth-order valence-corrected chi connectivity index (χ4v) is 2.55. The molecular formula is C15H20O4S. The molecule has 0 aliphatic carbocycles. The number of esters is 2. The van der Waals surface area contributed by atoms with Crippen LogP contribution in [0.4, 0.5) is 0 Å². The van der Waals surface area contributed by atoms with Crippen LogP contribution in [0.3, 0.4) is 0 Å². The predicted octanol–water partition coefficient (Wildman–Crippen LogP) is 3.08. The van der Waals surface area contributed by atoms with Crippen molar-refractivity contribution in [1.82, 2.24) is 0 Å². The summed E-state index contributed by atoms with van der Waals surface area (Å²) in [4.78, 5) is 24.4. The summed E-state index contributed by atoms with van der Waals surface area (Å²) in [5.74, 6) is -0.597. The summed E-state index contributed by atoms with van der Waals surface area (Å²) < 4.78 is 9.98. The van der Waals surface area contributed by atoms with E-state index in [1.807, 2.05) is 18.4 Å². The van der Waals surface area contributed by atoms with Gasteiger partial charge in [0.15, 0.2) is 0 Å². The van der Waals surface area contributed by atoms with Gasteiger partial charge in [-0.15, -0.1) is 11.8 Å². The van der Waals surface area contributed by atoms with Crippen molar-refractivity contribution in [2.45, 2.75) is 31.6 Å². The van der Waals surface area contributed by atoms with E-state index in [1.165, 1.54) is 0 Å². The van der Waals surface area contributed by atoms with Crippen molar-refractivity contribution in [3.05, 3.63) is 29.3 Å². The normalized spacial score (nSPS) is 10.2. The Balaban J connectivity index is 2.95. The van der Waals surface area contributed by atoms with Crippen LogP contribution in [0.15, 0.2) is 23.1 Å². The van der Waals surface area contributed by atoms with Gasteiger partial charge in [-0.2, -0.15) is 0 Å². The van der Waals surface area contributed by atoms with Crippen LogP contribution in [-0.4, -0.2) is 31.4 Å². The summed E-state index contributed by atoms with van der Waals surface area (Å²) in [5.41, 5.74) is 1.38. The van der Waals surface area contributed by atoms with Gasteiger partial charge in [0, 0.05) is 11.3 Å². The highest BCUT2D eigenvalue weighted by Gasteiger charge is 2.16. The number of rotatable bonds is 7. The van der Waals surface area contributed by atoms with E-state index in [1.54, 1.807) is 31.7 Å². The molecule has 1 aromatic rings. The van der Waals surface area contributed by atoms with E-state index in [4.69, 9.17) is 9.47 Å². The summed E-state index contributed by atoms with van der Waals surface area (Å²) in [6.45, 7) is 4.25. The topological polar surface area (TPSA) is 52.6 Å². The molecule has 5 heteroatoms. The van der Waals surface area contributed by atoms with E-state index in [-0.39, 0.29) is 18.4 Å². The van der Waals surface area contributed by atoms with E-state index in [2.05, 4.69) is 0 Å². The molecule has 110 valence electrons. The Morgan fingerprint density at radius 3 is 2.45 bits per heavy atom. The van der Waals surface area contributed by atoms with Gasteiger partial charge < -0.3 is 9.47 Å². The maximum absolute atomic E-state index is 12.0. The van der Waals surface area contributed by atoms with Gasteiger partial charge in [0.25, 0.3) is 0 Å². The lowest BCUT2D eigenvalue weighted by Crippen LogP contribution is -2.11. The minimum Gasteiger partial charge on any atom is -0.466 e. The Morgan fingerprint density at radius 2 is 1.85 bits per heavy atom. The summed E-state index contributed by atoms with van der Waals surface area (Å²) >= 11 is 1.55. The monoisotopic (exact) mass is 296 g/mol. The zero-order valence-electron chi connectivity index (χ0n) is 12.1. The van der Waals surface area contributed by atoms with Crippen LogP contribution in [0.25, 0.3) is 0 Å². The minimum atomic E-state index is -0.345. The van der Waals surface area contributed by atoms with E-state index in [0.717, 1.165) is 10.5 Å². The largest absolute Gasteiger partial charge is 0.466 e. The van der Waals surface area contributed by atoms with Crippen LogP contribution in [-0.2, 0) is 20.7 Å². The van der Waals surface area contributed by atoms with Crippen molar-refractivity contribution < 1.29 is 19.1 Å². The molecule has 0 aliphatic rings. The number of carbonyl (C=O) groups excluding carboxylic acids is 2. The quantitative estimate of drug-likeness (QED) is 0.571. The van der Waals surface area contributed by atoms with Crippen LogP contribution in [0.2, 0.25) is 0 Å². The summed E-state index contributed by atoms with van der Waals surface area (Å²) in [6.07, 6.45) is 2.68. The number of ether oxygens (including phenoxy) is 2. The molecule has 1 aromatic carbocycles. The van der Waals surface area contributed by atoms with Crippen molar-refractivity contribution in [2.75, 3.05) is 19.5 Å². The molecule has 0 heterocycles. The number of hydrogen-bond acceptors (Lipinski definition) is 5. The SMILES string of the molecule is CCOC(=O)CCc1c(SC)cccc1C(=O)OCC. The highest BCUT2D eigenvalue weighted by molar-refractivity contribution is 7.98. The second kappa shape index (κ2) is 8.64. The molecule has 0 N–H and O–H groups in total. The third-order valence-corrected chi connectivity index (χ3v) is 3.56. The minimum absolute atomic E-state index is 0.252. The highest BCUT2D eigenvalue weighted by Crippen LogP contribution is 2.25. The van der Waals surface area contributed by atoms with E-state index in [9.17, 15) is 9.59 Å². The molecule has 0 saturated heterocycles. The zero-order chi connectivity index (χ0) is 15.0. The van der Waals surface area contributed by atoms with E-state index in [0.29, 0.717) is 25.2 Å². The first-order valence-corrected chi connectivity index (χ1v) is 7.85. The summed E-state index contributed by atoms with van der Waals surface area (Å²) in [6, 6.07) is 5.50. The Morgan fingerprint density at radius 1 is 1.15 bits per heavy atom. The Labute approximate surface area is 123 Å². The highest BCUT2D eigenvalue weighted by atomic mass is 32.2. The summed E-state index contributed by atoms with van der Waals surface area (Å²) in [5, 5.41) is 0. The van der Waals surface area contributed by atoms with Gasteiger partial charge in [-0.3, -0.25) is 4.79 Å². The van der Waals surface area contributed by atoms with Crippen LogP contribution in [0.5, 0.6) is 0 Å². The molecule has 0 aromatic heterocycles. The third-order valence-electron chi connectivity index (χ3n) is 2.73. The van der Waals surface area contributed by atoms with Gasteiger partial charge in [0.2, 0.25) is 0 Å². The lowest BCUT2D eigenvalue weighted by molar-refractivity contribution is -0.143. The number of benzene rings is 1. The van der Waals surface area contributed by atoms with Crippen LogP contribution >= 0.6 is 11.8 Å². The maximum Gasteiger partial charge on any atom is 0.338 e. The van der Waals surface area contributed by atoms with Gasteiger partial charge in [0.1, 0.15) is 0 Å². The van der Waals surface area contributed by atoms with Crippen molar-refractivity contribution in [3.8, 4) is 0 Å². The molecule has 1 rings (SSSR count). The molecule has 20 heavy (non-hydrogen) atoms.